The maximum atomic E-state index is 6.08. The molecule has 0 unspecified atom stereocenters. The summed E-state index contributed by atoms with van der Waals surface area (Å²) in [5.74, 6) is 1.34. The van der Waals surface area contributed by atoms with Gasteiger partial charge in [-0.15, -0.1) is 11.3 Å². The van der Waals surface area contributed by atoms with E-state index >= 15 is 0 Å². The van der Waals surface area contributed by atoms with Gasteiger partial charge < -0.3 is 21.1 Å². The lowest BCUT2D eigenvalue weighted by Gasteiger charge is -2.12. The molecule has 114 valence electrons. The van der Waals surface area contributed by atoms with Gasteiger partial charge in [0.05, 0.1) is 0 Å². The van der Waals surface area contributed by atoms with Crippen LogP contribution in [0.25, 0.3) is 0 Å². The SMILES string of the molecule is COCCCNc1ncnc(NCCc2cccs2)c1N. The molecule has 0 saturated carbocycles. The van der Waals surface area contributed by atoms with Gasteiger partial charge in [0, 0.05) is 31.7 Å². The minimum atomic E-state index is 0.557. The lowest BCUT2D eigenvalue weighted by molar-refractivity contribution is 0.198. The van der Waals surface area contributed by atoms with E-state index in [0.717, 1.165) is 25.9 Å². The third-order valence-electron chi connectivity index (χ3n) is 2.95. The first kappa shape index (κ1) is 15.5. The number of nitrogen functional groups attached to an aromatic ring is 1. The van der Waals surface area contributed by atoms with Gasteiger partial charge in [-0.1, -0.05) is 6.07 Å². The molecule has 2 aromatic heterocycles. The Balaban J connectivity index is 1.84. The number of anilines is 3. The van der Waals surface area contributed by atoms with Crippen molar-refractivity contribution in [2.24, 2.45) is 0 Å². The molecule has 0 atom stereocenters. The average molecular weight is 307 g/mol. The van der Waals surface area contributed by atoms with Crippen molar-refractivity contribution < 1.29 is 4.74 Å². The number of nitrogens with two attached hydrogens (primary N) is 1. The second kappa shape index (κ2) is 8.43. The van der Waals surface area contributed by atoms with Crippen LogP contribution in [0, 0.1) is 0 Å². The third kappa shape index (κ3) is 4.87. The molecule has 2 heterocycles. The summed E-state index contributed by atoms with van der Waals surface area (Å²) >= 11 is 1.75. The normalized spacial score (nSPS) is 10.5. The van der Waals surface area contributed by atoms with Crippen LogP contribution in [0.5, 0.6) is 0 Å². The van der Waals surface area contributed by atoms with E-state index in [9.17, 15) is 0 Å². The fourth-order valence-corrected chi connectivity index (χ4v) is 2.57. The summed E-state index contributed by atoms with van der Waals surface area (Å²) in [5.41, 5.74) is 6.64. The highest BCUT2D eigenvalue weighted by Crippen LogP contribution is 2.22. The second-order valence-electron chi connectivity index (χ2n) is 4.51. The molecular weight excluding hydrogens is 286 g/mol. The van der Waals surface area contributed by atoms with Gasteiger partial charge in [-0.3, -0.25) is 0 Å². The number of hydrogen-bond donors (Lipinski definition) is 3. The fourth-order valence-electron chi connectivity index (χ4n) is 1.86. The van der Waals surface area contributed by atoms with Crippen molar-refractivity contribution in [2.75, 3.05) is 43.2 Å². The van der Waals surface area contributed by atoms with Crippen LogP contribution in [0.3, 0.4) is 0 Å². The highest BCUT2D eigenvalue weighted by atomic mass is 32.1. The van der Waals surface area contributed by atoms with Gasteiger partial charge in [0.2, 0.25) is 0 Å². The molecular formula is C14H21N5OS. The second-order valence-corrected chi connectivity index (χ2v) is 5.55. The molecule has 0 radical (unpaired) electrons. The molecule has 0 aromatic carbocycles. The van der Waals surface area contributed by atoms with Crippen LogP contribution in [-0.4, -0.2) is 36.8 Å². The number of methoxy groups -OCH3 is 1. The van der Waals surface area contributed by atoms with Crippen molar-refractivity contribution >= 4 is 28.7 Å². The molecule has 4 N–H and O–H groups in total. The van der Waals surface area contributed by atoms with Crippen molar-refractivity contribution in [1.82, 2.24) is 9.97 Å². The minimum Gasteiger partial charge on any atom is -0.393 e. The lowest BCUT2D eigenvalue weighted by Crippen LogP contribution is -2.12. The van der Waals surface area contributed by atoms with Crippen LogP contribution in [0.15, 0.2) is 23.8 Å². The number of thiophene rings is 1. The van der Waals surface area contributed by atoms with E-state index in [4.69, 9.17) is 10.5 Å². The van der Waals surface area contributed by atoms with Crippen LogP contribution in [0.1, 0.15) is 11.3 Å². The molecule has 0 saturated heterocycles. The summed E-state index contributed by atoms with van der Waals surface area (Å²) in [6.07, 6.45) is 3.38. The highest BCUT2D eigenvalue weighted by molar-refractivity contribution is 7.09. The molecule has 2 aromatic rings. The molecule has 0 aliphatic carbocycles. The Morgan fingerprint density at radius 1 is 1.24 bits per heavy atom. The zero-order valence-corrected chi connectivity index (χ0v) is 12.9. The molecule has 21 heavy (non-hydrogen) atoms. The summed E-state index contributed by atoms with van der Waals surface area (Å²) in [7, 11) is 1.69. The number of aromatic nitrogens is 2. The monoisotopic (exact) mass is 307 g/mol. The minimum absolute atomic E-state index is 0.557. The average Bonchev–Trinajstić information content (AvgIpc) is 3.00. The number of nitrogens with zero attached hydrogens (tertiary/aromatic N) is 2. The van der Waals surface area contributed by atoms with Gasteiger partial charge in [0.25, 0.3) is 0 Å². The number of nitrogens with one attached hydrogen (secondary N) is 2. The van der Waals surface area contributed by atoms with Crippen molar-refractivity contribution in [3.63, 3.8) is 0 Å². The first-order valence-corrected chi connectivity index (χ1v) is 7.78. The number of ether oxygens (including phenoxy) is 1. The van der Waals surface area contributed by atoms with Gasteiger partial charge in [0.1, 0.15) is 12.0 Å². The summed E-state index contributed by atoms with van der Waals surface area (Å²) < 4.78 is 5.01. The van der Waals surface area contributed by atoms with Crippen LogP contribution in [-0.2, 0) is 11.2 Å². The summed E-state index contributed by atoms with van der Waals surface area (Å²) in [6, 6.07) is 4.18. The number of rotatable bonds is 9. The topological polar surface area (TPSA) is 85.1 Å². The smallest absolute Gasteiger partial charge is 0.154 e. The largest absolute Gasteiger partial charge is 0.393 e. The van der Waals surface area contributed by atoms with E-state index in [0.29, 0.717) is 23.9 Å². The van der Waals surface area contributed by atoms with Gasteiger partial charge in [-0.25, -0.2) is 9.97 Å². The molecule has 0 aliphatic rings. The Hall–Kier alpha value is -1.86. The van der Waals surface area contributed by atoms with Gasteiger partial charge in [-0.2, -0.15) is 0 Å². The van der Waals surface area contributed by atoms with E-state index in [1.54, 1.807) is 18.4 Å². The Morgan fingerprint density at radius 2 is 2.00 bits per heavy atom. The molecule has 2 rings (SSSR count). The van der Waals surface area contributed by atoms with Gasteiger partial charge in [-0.05, 0) is 24.3 Å². The van der Waals surface area contributed by atoms with Crippen LogP contribution in [0.4, 0.5) is 17.3 Å². The number of hydrogen-bond acceptors (Lipinski definition) is 7. The first-order chi connectivity index (χ1) is 10.3. The van der Waals surface area contributed by atoms with Crippen LogP contribution >= 0.6 is 11.3 Å². The Bertz CT molecular complexity index is 532. The fraction of sp³-hybridized carbons (Fsp3) is 0.429. The Morgan fingerprint density at radius 3 is 2.67 bits per heavy atom. The summed E-state index contributed by atoms with van der Waals surface area (Å²) in [6.45, 7) is 2.28. The predicted molar refractivity (Wildman–Crippen MR) is 87.9 cm³/mol. The van der Waals surface area contributed by atoms with Gasteiger partial charge in [0.15, 0.2) is 11.6 Å². The molecule has 7 heteroatoms. The predicted octanol–water partition coefficient (Wildman–Crippen LogP) is 2.22. The molecule has 0 fully saturated rings. The standard InChI is InChI=1S/C14H21N5OS/c1-20-8-3-6-16-13-12(15)14(19-10-18-13)17-7-5-11-4-2-9-21-11/h2,4,9-10H,3,5-8,15H2,1H3,(H2,16,17,18,19). The Kier molecular flexibility index (Phi) is 6.23. The van der Waals surface area contributed by atoms with Crippen molar-refractivity contribution in [3.05, 3.63) is 28.7 Å². The molecule has 0 bridgehead atoms. The molecule has 0 spiro atoms. The van der Waals surface area contributed by atoms with E-state index in [1.807, 2.05) is 0 Å². The van der Waals surface area contributed by atoms with Crippen LogP contribution < -0.4 is 16.4 Å². The summed E-state index contributed by atoms with van der Waals surface area (Å²) in [4.78, 5) is 9.70. The van der Waals surface area contributed by atoms with E-state index < -0.39 is 0 Å². The van der Waals surface area contributed by atoms with Crippen molar-refractivity contribution in [3.8, 4) is 0 Å². The molecule has 0 amide bonds. The Labute approximate surface area is 128 Å². The van der Waals surface area contributed by atoms with E-state index in [2.05, 4.69) is 38.1 Å². The van der Waals surface area contributed by atoms with Crippen molar-refractivity contribution in [2.45, 2.75) is 12.8 Å². The molecule has 6 nitrogen and oxygen atoms in total. The third-order valence-corrected chi connectivity index (χ3v) is 3.88. The quantitative estimate of drug-likeness (QED) is 0.616. The van der Waals surface area contributed by atoms with Crippen molar-refractivity contribution in [1.29, 1.82) is 0 Å². The van der Waals surface area contributed by atoms with Gasteiger partial charge >= 0.3 is 0 Å². The lowest BCUT2D eigenvalue weighted by atomic mass is 10.3. The molecule has 0 aliphatic heterocycles. The highest BCUT2D eigenvalue weighted by Gasteiger charge is 2.07. The van der Waals surface area contributed by atoms with E-state index in [-0.39, 0.29) is 0 Å². The maximum Gasteiger partial charge on any atom is 0.154 e. The zero-order valence-electron chi connectivity index (χ0n) is 12.1. The zero-order chi connectivity index (χ0) is 14.9. The first-order valence-electron chi connectivity index (χ1n) is 6.91. The van der Waals surface area contributed by atoms with Crippen LogP contribution in [0.2, 0.25) is 0 Å². The summed E-state index contributed by atoms with van der Waals surface area (Å²) in [5, 5.41) is 8.54. The van der Waals surface area contributed by atoms with E-state index in [1.165, 1.54) is 11.2 Å². The maximum absolute atomic E-state index is 6.08.